The van der Waals surface area contributed by atoms with Gasteiger partial charge in [0, 0.05) is 11.8 Å². The first-order chi connectivity index (χ1) is 9.47. The second kappa shape index (κ2) is 5.56. The van der Waals surface area contributed by atoms with Gasteiger partial charge in [0.05, 0.1) is 0 Å². The fraction of sp³-hybridized carbons (Fsp3) is 0.214. The van der Waals surface area contributed by atoms with Crippen LogP contribution in [0.3, 0.4) is 0 Å². The summed E-state index contributed by atoms with van der Waals surface area (Å²) in [5.74, 6) is -1.11. The summed E-state index contributed by atoms with van der Waals surface area (Å²) in [6, 6.07) is 8.49. The van der Waals surface area contributed by atoms with Crippen LogP contribution in [-0.2, 0) is 4.79 Å². The van der Waals surface area contributed by atoms with Crippen LogP contribution in [0.1, 0.15) is 21.8 Å². The maximum absolute atomic E-state index is 12.3. The smallest absolute Gasteiger partial charge is 0.323 e. The van der Waals surface area contributed by atoms with Crippen molar-refractivity contribution in [3.05, 3.63) is 47.3 Å². The SMILES string of the molecule is Cc1ccc(N(CC(=O)O)C(=O)c2cc(C)on2)cc1. The van der Waals surface area contributed by atoms with E-state index < -0.39 is 18.4 Å². The predicted octanol–water partition coefficient (Wildman–Crippen LogP) is 2.02. The topological polar surface area (TPSA) is 83.6 Å². The molecule has 6 heteroatoms. The fourth-order valence-corrected chi connectivity index (χ4v) is 1.75. The first-order valence-corrected chi connectivity index (χ1v) is 6.01. The number of carbonyl (C=O) groups is 2. The van der Waals surface area contributed by atoms with Crippen molar-refractivity contribution >= 4 is 17.6 Å². The number of aryl methyl sites for hydroxylation is 2. The maximum Gasteiger partial charge on any atom is 0.323 e. The summed E-state index contributed by atoms with van der Waals surface area (Å²) in [5.41, 5.74) is 1.61. The van der Waals surface area contributed by atoms with Crippen LogP contribution in [0.5, 0.6) is 0 Å². The lowest BCUT2D eigenvalue weighted by molar-refractivity contribution is -0.135. The maximum atomic E-state index is 12.3. The molecule has 1 N–H and O–H groups in total. The van der Waals surface area contributed by atoms with Gasteiger partial charge in [-0.3, -0.25) is 14.5 Å². The van der Waals surface area contributed by atoms with E-state index in [2.05, 4.69) is 5.16 Å². The zero-order chi connectivity index (χ0) is 14.7. The third-order valence-electron chi connectivity index (χ3n) is 2.73. The lowest BCUT2D eigenvalue weighted by Crippen LogP contribution is -2.35. The first kappa shape index (κ1) is 13.8. The number of amides is 1. The number of aliphatic carboxylic acids is 1. The second-order valence-electron chi connectivity index (χ2n) is 4.44. The van der Waals surface area contributed by atoms with Gasteiger partial charge >= 0.3 is 5.97 Å². The minimum atomic E-state index is -1.10. The molecule has 0 saturated heterocycles. The molecule has 0 unspecified atom stereocenters. The highest BCUT2D eigenvalue weighted by Gasteiger charge is 2.23. The molecular weight excluding hydrogens is 260 g/mol. The third kappa shape index (κ3) is 3.03. The number of carboxylic acids is 1. The molecule has 0 atom stereocenters. The van der Waals surface area contributed by atoms with E-state index in [9.17, 15) is 9.59 Å². The molecule has 0 spiro atoms. The number of hydrogen-bond donors (Lipinski definition) is 1. The number of hydrogen-bond acceptors (Lipinski definition) is 4. The summed E-state index contributed by atoms with van der Waals surface area (Å²) in [6.45, 7) is 3.14. The molecule has 0 radical (unpaired) electrons. The standard InChI is InChI=1S/C14H14N2O4/c1-9-3-5-11(6-4-9)16(8-13(17)18)14(19)12-7-10(2)20-15-12/h3-7H,8H2,1-2H3,(H,17,18). The number of aromatic nitrogens is 1. The van der Waals surface area contributed by atoms with E-state index in [0.29, 0.717) is 11.4 Å². The van der Waals surface area contributed by atoms with Gasteiger partial charge in [-0.1, -0.05) is 22.9 Å². The molecule has 20 heavy (non-hydrogen) atoms. The lowest BCUT2D eigenvalue weighted by atomic mass is 10.2. The summed E-state index contributed by atoms with van der Waals surface area (Å²) in [5, 5.41) is 12.6. The van der Waals surface area contributed by atoms with Crippen LogP contribution < -0.4 is 4.90 Å². The Balaban J connectivity index is 2.34. The molecule has 1 heterocycles. The monoisotopic (exact) mass is 274 g/mol. The molecule has 1 aromatic carbocycles. The van der Waals surface area contributed by atoms with E-state index in [1.54, 1.807) is 19.1 Å². The molecule has 1 amide bonds. The van der Waals surface area contributed by atoms with Gasteiger partial charge in [0.1, 0.15) is 12.3 Å². The van der Waals surface area contributed by atoms with E-state index in [0.717, 1.165) is 10.5 Å². The second-order valence-corrected chi connectivity index (χ2v) is 4.44. The van der Waals surface area contributed by atoms with E-state index >= 15 is 0 Å². The number of nitrogens with zero attached hydrogens (tertiary/aromatic N) is 2. The van der Waals surface area contributed by atoms with Crippen molar-refractivity contribution in [3.8, 4) is 0 Å². The highest BCUT2D eigenvalue weighted by Crippen LogP contribution is 2.18. The summed E-state index contributed by atoms with van der Waals surface area (Å²) < 4.78 is 4.85. The van der Waals surface area contributed by atoms with E-state index in [1.807, 2.05) is 19.1 Å². The molecule has 0 aliphatic carbocycles. The van der Waals surface area contributed by atoms with Gasteiger partial charge in [-0.25, -0.2) is 0 Å². The molecule has 2 rings (SSSR count). The summed E-state index contributed by atoms with van der Waals surface area (Å²) in [7, 11) is 0. The number of anilines is 1. The van der Waals surface area contributed by atoms with E-state index in [1.165, 1.54) is 6.07 Å². The zero-order valence-electron chi connectivity index (χ0n) is 11.2. The molecule has 0 bridgehead atoms. The van der Waals surface area contributed by atoms with Gasteiger partial charge in [-0.05, 0) is 26.0 Å². The molecule has 104 valence electrons. The Labute approximate surface area is 115 Å². The minimum absolute atomic E-state index is 0.0873. The Morgan fingerprint density at radius 1 is 1.25 bits per heavy atom. The van der Waals surface area contributed by atoms with Gasteiger partial charge in [0.15, 0.2) is 5.69 Å². The normalized spacial score (nSPS) is 10.3. The number of rotatable bonds is 4. The average molecular weight is 274 g/mol. The molecule has 0 saturated carbocycles. The number of carboxylic acid groups (broad SMARTS) is 1. The fourth-order valence-electron chi connectivity index (χ4n) is 1.75. The van der Waals surface area contributed by atoms with Crippen LogP contribution in [0.25, 0.3) is 0 Å². The van der Waals surface area contributed by atoms with Crippen molar-refractivity contribution in [2.24, 2.45) is 0 Å². The Hall–Kier alpha value is -2.63. The van der Waals surface area contributed by atoms with Gasteiger partial charge in [-0.15, -0.1) is 0 Å². The van der Waals surface area contributed by atoms with Gasteiger partial charge in [-0.2, -0.15) is 0 Å². The van der Waals surface area contributed by atoms with E-state index in [4.69, 9.17) is 9.63 Å². The molecule has 1 aromatic heterocycles. The molecule has 0 aliphatic heterocycles. The van der Waals surface area contributed by atoms with E-state index in [-0.39, 0.29) is 5.69 Å². The average Bonchev–Trinajstić information content (AvgIpc) is 2.83. The Bertz CT molecular complexity index is 631. The zero-order valence-corrected chi connectivity index (χ0v) is 11.2. The van der Waals surface area contributed by atoms with Crippen molar-refractivity contribution < 1.29 is 19.2 Å². The largest absolute Gasteiger partial charge is 0.480 e. The molecule has 2 aromatic rings. The van der Waals surface area contributed by atoms with Gasteiger partial charge in [0.25, 0.3) is 5.91 Å². The minimum Gasteiger partial charge on any atom is -0.480 e. The Morgan fingerprint density at radius 2 is 1.90 bits per heavy atom. The molecule has 6 nitrogen and oxygen atoms in total. The van der Waals surface area contributed by atoms with Crippen molar-refractivity contribution in [1.82, 2.24) is 5.16 Å². The first-order valence-electron chi connectivity index (χ1n) is 6.01. The quantitative estimate of drug-likeness (QED) is 0.922. The highest BCUT2D eigenvalue weighted by atomic mass is 16.5. The Morgan fingerprint density at radius 3 is 2.40 bits per heavy atom. The van der Waals surface area contributed by atoms with Gasteiger partial charge < -0.3 is 9.63 Å². The summed E-state index contributed by atoms with van der Waals surface area (Å²) >= 11 is 0. The van der Waals surface area contributed by atoms with Crippen LogP contribution in [0.15, 0.2) is 34.9 Å². The molecule has 0 aliphatic rings. The van der Waals surface area contributed by atoms with Crippen LogP contribution in [0.4, 0.5) is 5.69 Å². The molecule has 0 fully saturated rings. The van der Waals surface area contributed by atoms with Crippen LogP contribution in [0.2, 0.25) is 0 Å². The lowest BCUT2D eigenvalue weighted by Gasteiger charge is -2.19. The Kier molecular flexibility index (Phi) is 3.84. The van der Waals surface area contributed by atoms with Crippen LogP contribution in [0, 0.1) is 13.8 Å². The summed E-state index contributed by atoms with van der Waals surface area (Å²) in [6.07, 6.45) is 0. The number of carbonyl (C=O) groups excluding carboxylic acids is 1. The number of benzene rings is 1. The van der Waals surface area contributed by atoms with Crippen LogP contribution in [-0.4, -0.2) is 28.7 Å². The van der Waals surface area contributed by atoms with Crippen molar-refractivity contribution in [1.29, 1.82) is 0 Å². The highest BCUT2D eigenvalue weighted by molar-refractivity contribution is 6.07. The van der Waals surface area contributed by atoms with Crippen molar-refractivity contribution in [2.45, 2.75) is 13.8 Å². The third-order valence-corrected chi connectivity index (χ3v) is 2.73. The predicted molar refractivity (Wildman–Crippen MR) is 71.7 cm³/mol. The molecular formula is C14H14N2O4. The van der Waals surface area contributed by atoms with Crippen molar-refractivity contribution in [2.75, 3.05) is 11.4 Å². The van der Waals surface area contributed by atoms with Crippen LogP contribution >= 0.6 is 0 Å². The summed E-state index contributed by atoms with van der Waals surface area (Å²) in [4.78, 5) is 24.4. The van der Waals surface area contributed by atoms with Gasteiger partial charge in [0.2, 0.25) is 0 Å². The van der Waals surface area contributed by atoms with Crippen molar-refractivity contribution in [3.63, 3.8) is 0 Å².